The van der Waals surface area contributed by atoms with Crippen molar-refractivity contribution in [1.29, 1.82) is 0 Å². The molecule has 0 aliphatic rings. The zero-order chi connectivity index (χ0) is 57.1. The number of allylic oxidation sites excluding steroid dienone is 22. The minimum atomic E-state index is -0.793. The minimum absolute atomic E-state index is 0.0881. The van der Waals surface area contributed by atoms with Gasteiger partial charge in [-0.2, -0.15) is 0 Å². The van der Waals surface area contributed by atoms with E-state index in [1.165, 1.54) is 103 Å². The van der Waals surface area contributed by atoms with Gasteiger partial charge >= 0.3 is 17.9 Å². The van der Waals surface area contributed by atoms with Gasteiger partial charge in [0.05, 0.1) is 0 Å². The molecule has 0 radical (unpaired) electrons. The standard InChI is InChI=1S/C73H120O6/c1-4-7-10-13-16-19-22-24-26-28-29-30-31-32-33-34-35-36-37-38-39-40-41-42-43-45-46-48-51-54-57-60-63-66-72(75)78-69-70(68-77-71(74)65-62-59-56-53-50-21-18-15-12-9-6-3)79-73(76)67-64-61-58-55-52-49-47-44-27-25-23-20-17-14-11-8-5-2/h7,10,16-17,19-20,24-27,29-30,32-33,35-36,38-39,41-42,45-46,70H,4-6,8-9,11-15,18,21-23,28,31,34,37,40,43-44,47-69H2,1-3H3/b10-7-,19-16-,20-17-,26-24-,27-25-,30-29-,33-32-,36-35-,39-38-,42-41-,46-45-. The Labute approximate surface area is 487 Å². The lowest BCUT2D eigenvalue weighted by molar-refractivity contribution is -0.167. The molecule has 0 rings (SSSR count). The predicted molar refractivity (Wildman–Crippen MR) is 343 cm³/mol. The lowest BCUT2D eigenvalue weighted by Gasteiger charge is -2.18. The highest BCUT2D eigenvalue weighted by Gasteiger charge is 2.19. The van der Waals surface area contributed by atoms with Crippen molar-refractivity contribution >= 4 is 17.9 Å². The van der Waals surface area contributed by atoms with Gasteiger partial charge in [-0.1, -0.05) is 283 Å². The van der Waals surface area contributed by atoms with Crippen LogP contribution < -0.4 is 0 Å². The van der Waals surface area contributed by atoms with E-state index < -0.39 is 6.10 Å². The Hall–Kier alpha value is -4.45. The van der Waals surface area contributed by atoms with E-state index in [4.69, 9.17) is 14.2 Å². The van der Waals surface area contributed by atoms with Crippen LogP contribution in [0.1, 0.15) is 290 Å². The van der Waals surface area contributed by atoms with Crippen molar-refractivity contribution < 1.29 is 28.6 Å². The molecule has 1 atom stereocenters. The smallest absolute Gasteiger partial charge is 0.306 e. The number of carbonyl (C=O) groups is 3. The second-order valence-electron chi connectivity index (χ2n) is 21.3. The summed E-state index contributed by atoms with van der Waals surface area (Å²) in [6, 6.07) is 0. The summed E-state index contributed by atoms with van der Waals surface area (Å²) in [6.45, 7) is 6.48. The molecule has 6 heteroatoms. The Kier molecular flexibility index (Phi) is 62.3. The molecule has 79 heavy (non-hydrogen) atoms. The van der Waals surface area contributed by atoms with E-state index in [-0.39, 0.29) is 31.1 Å². The van der Waals surface area contributed by atoms with Crippen LogP contribution in [-0.4, -0.2) is 37.2 Å². The van der Waals surface area contributed by atoms with Crippen molar-refractivity contribution in [2.75, 3.05) is 13.2 Å². The summed E-state index contributed by atoms with van der Waals surface area (Å²) in [7, 11) is 0. The molecule has 0 saturated carbocycles. The van der Waals surface area contributed by atoms with E-state index in [9.17, 15) is 14.4 Å². The highest BCUT2D eigenvalue weighted by atomic mass is 16.6. The maximum atomic E-state index is 12.9. The number of ether oxygens (including phenoxy) is 3. The van der Waals surface area contributed by atoms with Crippen LogP contribution in [0.3, 0.4) is 0 Å². The molecule has 0 bridgehead atoms. The van der Waals surface area contributed by atoms with Crippen LogP contribution in [0.4, 0.5) is 0 Å². The summed E-state index contributed by atoms with van der Waals surface area (Å²) < 4.78 is 16.9. The zero-order valence-electron chi connectivity index (χ0n) is 51.3. The van der Waals surface area contributed by atoms with E-state index in [2.05, 4.69) is 154 Å². The van der Waals surface area contributed by atoms with Crippen molar-refractivity contribution in [3.8, 4) is 0 Å². The molecule has 0 spiro atoms. The van der Waals surface area contributed by atoms with Gasteiger partial charge in [0.25, 0.3) is 0 Å². The van der Waals surface area contributed by atoms with Crippen LogP contribution in [0.2, 0.25) is 0 Å². The van der Waals surface area contributed by atoms with E-state index >= 15 is 0 Å². The summed E-state index contributed by atoms with van der Waals surface area (Å²) in [5.41, 5.74) is 0. The Morgan fingerprint density at radius 3 is 0.797 bits per heavy atom. The van der Waals surface area contributed by atoms with Gasteiger partial charge in [-0.05, 0) is 122 Å². The van der Waals surface area contributed by atoms with Gasteiger partial charge in [0, 0.05) is 19.3 Å². The third-order valence-corrected chi connectivity index (χ3v) is 13.6. The lowest BCUT2D eigenvalue weighted by Crippen LogP contribution is -2.30. The molecule has 0 N–H and O–H groups in total. The first-order valence-corrected chi connectivity index (χ1v) is 32.7. The Bertz CT molecular complexity index is 1680. The first-order valence-electron chi connectivity index (χ1n) is 32.7. The van der Waals surface area contributed by atoms with Crippen LogP contribution in [0.15, 0.2) is 134 Å². The zero-order valence-corrected chi connectivity index (χ0v) is 51.3. The minimum Gasteiger partial charge on any atom is -0.462 e. The van der Waals surface area contributed by atoms with E-state index in [1.807, 2.05) is 0 Å². The van der Waals surface area contributed by atoms with E-state index in [0.717, 1.165) is 148 Å². The van der Waals surface area contributed by atoms with Crippen molar-refractivity contribution in [3.05, 3.63) is 134 Å². The van der Waals surface area contributed by atoms with Gasteiger partial charge in [0.2, 0.25) is 0 Å². The molecule has 0 aromatic heterocycles. The maximum Gasteiger partial charge on any atom is 0.306 e. The summed E-state index contributed by atoms with van der Waals surface area (Å²) in [5.74, 6) is -0.914. The Morgan fingerprint density at radius 1 is 0.266 bits per heavy atom. The SMILES string of the molecule is CC/C=C\C/C=C\C/C=C\C/C=C\C/C=C\C/C=C\C/C=C\C/C=C\C/C=C\CCCCCCCC(=O)OCC(COC(=O)CCCCCCCCCCCCC)OC(=O)CCCCCCCCC/C=C\C/C=C\CCCCC. The molecule has 6 nitrogen and oxygen atoms in total. The van der Waals surface area contributed by atoms with Crippen molar-refractivity contribution in [3.63, 3.8) is 0 Å². The molecule has 0 amide bonds. The lowest BCUT2D eigenvalue weighted by atomic mass is 10.1. The Balaban J connectivity index is 4.31. The molecule has 1 unspecified atom stereocenters. The first kappa shape index (κ1) is 74.5. The van der Waals surface area contributed by atoms with Crippen molar-refractivity contribution in [2.24, 2.45) is 0 Å². The number of hydrogen-bond donors (Lipinski definition) is 0. The number of esters is 3. The van der Waals surface area contributed by atoms with Gasteiger partial charge in [0.15, 0.2) is 6.10 Å². The van der Waals surface area contributed by atoms with Gasteiger partial charge in [-0.3, -0.25) is 14.4 Å². The third-order valence-electron chi connectivity index (χ3n) is 13.6. The fourth-order valence-corrected chi connectivity index (χ4v) is 8.76. The number of hydrogen-bond acceptors (Lipinski definition) is 6. The number of rotatable bonds is 58. The molecule has 0 aromatic carbocycles. The monoisotopic (exact) mass is 1090 g/mol. The number of unbranched alkanes of at least 4 members (excludes halogenated alkanes) is 25. The van der Waals surface area contributed by atoms with Crippen LogP contribution in [0.5, 0.6) is 0 Å². The molecule has 0 heterocycles. The second kappa shape index (κ2) is 66.1. The fraction of sp³-hybridized carbons (Fsp3) is 0.658. The van der Waals surface area contributed by atoms with Crippen LogP contribution >= 0.6 is 0 Å². The molecule has 0 fully saturated rings. The molecule has 0 saturated heterocycles. The van der Waals surface area contributed by atoms with E-state index in [1.54, 1.807) is 0 Å². The molecule has 0 aromatic rings. The third kappa shape index (κ3) is 64.3. The van der Waals surface area contributed by atoms with Gasteiger partial charge in [0.1, 0.15) is 13.2 Å². The normalized spacial score (nSPS) is 13.0. The second-order valence-corrected chi connectivity index (χ2v) is 21.3. The van der Waals surface area contributed by atoms with Crippen LogP contribution in [-0.2, 0) is 28.6 Å². The number of carbonyl (C=O) groups excluding carboxylic acids is 3. The van der Waals surface area contributed by atoms with E-state index in [0.29, 0.717) is 19.3 Å². The molecular weight excluding hydrogens is 973 g/mol. The average molecular weight is 1090 g/mol. The Morgan fingerprint density at radius 2 is 0.494 bits per heavy atom. The molecular formula is C73H120O6. The molecule has 0 aliphatic heterocycles. The van der Waals surface area contributed by atoms with Gasteiger partial charge in [-0.25, -0.2) is 0 Å². The van der Waals surface area contributed by atoms with Gasteiger partial charge < -0.3 is 14.2 Å². The first-order chi connectivity index (χ1) is 39.0. The average Bonchev–Trinajstić information content (AvgIpc) is 3.45. The quantitative estimate of drug-likeness (QED) is 0.0261. The van der Waals surface area contributed by atoms with Crippen molar-refractivity contribution in [2.45, 2.75) is 297 Å². The predicted octanol–water partition coefficient (Wildman–Crippen LogP) is 22.5. The van der Waals surface area contributed by atoms with Crippen molar-refractivity contribution in [1.82, 2.24) is 0 Å². The summed E-state index contributed by atoms with van der Waals surface area (Å²) in [5, 5.41) is 0. The summed E-state index contributed by atoms with van der Waals surface area (Å²) >= 11 is 0. The maximum absolute atomic E-state index is 12.9. The summed E-state index contributed by atoms with van der Waals surface area (Å²) in [4.78, 5) is 38.2. The largest absolute Gasteiger partial charge is 0.462 e. The topological polar surface area (TPSA) is 78.9 Å². The fourth-order valence-electron chi connectivity index (χ4n) is 8.76. The summed E-state index contributed by atoms with van der Waals surface area (Å²) in [6.07, 6.45) is 93.1. The van der Waals surface area contributed by atoms with Gasteiger partial charge in [-0.15, -0.1) is 0 Å². The highest BCUT2D eigenvalue weighted by molar-refractivity contribution is 5.71. The molecule has 448 valence electrons. The molecule has 0 aliphatic carbocycles. The highest BCUT2D eigenvalue weighted by Crippen LogP contribution is 2.15. The van der Waals surface area contributed by atoms with Crippen LogP contribution in [0, 0.1) is 0 Å². The van der Waals surface area contributed by atoms with Crippen LogP contribution in [0.25, 0.3) is 0 Å².